The van der Waals surface area contributed by atoms with Gasteiger partial charge in [-0.15, -0.1) is 0 Å². The Labute approximate surface area is 118 Å². The number of anilines is 2. The standard InChI is InChI=1S/C14H21N3OS/c1-14(6-3-7-19-14)9-17-12-5-4-10(8-11(12)15)13(18)16-2/h4-5,8,17H,3,6-7,9,15H2,1-2H3,(H,16,18). The first-order valence-electron chi connectivity index (χ1n) is 6.53. The highest BCUT2D eigenvalue weighted by Gasteiger charge is 2.29. The Kier molecular flexibility index (Phi) is 4.24. The van der Waals surface area contributed by atoms with E-state index in [2.05, 4.69) is 17.6 Å². The number of amides is 1. The smallest absolute Gasteiger partial charge is 0.251 e. The average Bonchev–Trinajstić information content (AvgIpc) is 2.83. The lowest BCUT2D eigenvalue weighted by atomic mass is 10.1. The second-order valence-electron chi connectivity index (χ2n) is 5.14. The molecule has 4 nitrogen and oxygen atoms in total. The Bertz CT molecular complexity index is 470. The molecule has 0 bridgehead atoms. The van der Waals surface area contributed by atoms with Gasteiger partial charge in [-0.25, -0.2) is 0 Å². The summed E-state index contributed by atoms with van der Waals surface area (Å²) in [6.45, 7) is 3.19. The van der Waals surface area contributed by atoms with E-state index in [1.807, 2.05) is 17.8 Å². The van der Waals surface area contributed by atoms with E-state index in [0.717, 1.165) is 12.2 Å². The third-order valence-corrected chi connectivity index (χ3v) is 5.03. The Balaban J connectivity index is 2.03. The molecule has 1 aromatic rings. The van der Waals surface area contributed by atoms with Gasteiger partial charge in [0.25, 0.3) is 5.91 Å². The molecule has 19 heavy (non-hydrogen) atoms. The van der Waals surface area contributed by atoms with Crippen molar-refractivity contribution in [3.8, 4) is 0 Å². The van der Waals surface area contributed by atoms with Crippen molar-refractivity contribution < 1.29 is 4.79 Å². The maximum absolute atomic E-state index is 11.5. The molecule has 1 unspecified atom stereocenters. The zero-order valence-electron chi connectivity index (χ0n) is 11.5. The molecule has 0 aromatic heterocycles. The normalized spacial score (nSPS) is 22.2. The summed E-state index contributed by atoms with van der Waals surface area (Å²) in [5, 5.41) is 5.99. The van der Waals surface area contributed by atoms with E-state index in [-0.39, 0.29) is 5.91 Å². The van der Waals surface area contributed by atoms with E-state index in [4.69, 9.17) is 5.73 Å². The second-order valence-corrected chi connectivity index (χ2v) is 6.82. The van der Waals surface area contributed by atoms with Crippen LogP contribution >= 0.6 is 11.8 Å². The Morgan fingerprint density at radius 3 is 2.89 bits per heavy atom. The number of rotatable bonds is 4. The summed E-state index contributed by atoms with van der Waals surface area (Å²) in [6.07, 6.45) is 2.52. The number of hydrogen-bond acceptors (Lipinski definition) is 4. The lowest BCUT2D eigenvalue weighted by Gasteiger charge is -2.24. The van der Waals surface area contributed by atoms with Crippen molar-refractivity contribution in [1.82, 2.24) is 5.32 Å². The van der Waals surface area contributed by atoms with Gasteiger partial charge in [0.2, 0.25) is 0 Å². The summed E-state index contributed by atoms with van der Waals surface area (Å²) in [4.78, 5) is 11.5. The van der Waals surface area contributed by atoms with Crippen LogP contribution in [0, 0.1) is 0 Å². The number of nitrogens with one attached hydrogen (secondary N) is 2. The molecule has 1 fully saturated rings. The minimum atomic E-state index is -0.114. The predicted molar refractivity (Wildman–Crippen MR) is 82.8 cm³/mol. The van der Waals surface area contributed by atoms with Crippen LogP contribution in [0.2, 0.25) is 0 Å². The van der Waals surface area contributed by atoms with E-state index in [1.165, 1.54) is 18.6 Å². The van der Waals surface area contributed by atoms with E-state index in [0.29, 0.717) is 16.0 Å². The Morgan fingerprint density at radius 1 is 1.53 bits per heavy atom. The first-order chi connectivity index (χ1) is 9.04. The molecule has 1 amide bonds. The monoisotopic (exact) mass is 279 g/mol. The molecule has 1 atom stereocenters. The lowest BCUT2D eigenvalue weighted by Crippen LogP contribution is -2.27. The summed E-state index contributed by atoms with van der Waals surface area (Å²) < 4.78 is 0.298. The van der Waals surface area contributed by atoms with Gasteiger partial charge >= 0.3 is 0 Å². The van der Waals surface area contributed by atoms with Crippen molar-refractivity contribution in [1.29, 1.82) is 0 Å². The summed E-state index contributed by atoms with van der Waals surface area (Å²) in [5.41, 5.74) is 8.10. The number of nitrogen functional groups attached to an aromatic ring is 1. The second kappa shape index (κ2) is 5.74. The van der Waals surface area contributed by atoms with Crippen LogP contribution in [0.4, 0.5) is 11.4 Å². The molecule has 0 spiro atoms. The van der Waals surface area contributed by atoms with Crippen LogP contribution in [0.25, 0.3) is 0 Å². The highest BCUT2D eigenvalue weighted by molar-refractivity contribution is 8.00. The minimum absolute atomic E-state index is 0.114. The molecular formula is C14H21N3OS. The number of carbonyl (C=O) groups is 1. The molecule has 1 heterocycles. The maximum atomic E-state index is 11.5. The number of hydrogen-bond donors (Lipinski definition) is 3. The number of nitrogens with two attached hydrogens (primary N) is 1. The Morgan fingerprint density at radius 2 is 2.32 bits per heavy atom. The highest BCUT2D eigenvalue weighted by Crippen LogP contribution is 2.38. The van der Waals surface area contributed by atoms with Gasteiger partial charge in [0.05, 0.1) is 11.4 Å². The molecule has 2 rings (SSSR count). The van der Waals surface area contributed by atoms with Gasteiger partial charge in [-0.3, -0.25) is 4.79 Å². The zero-order chi connectivity index (χ0) is 13.9. The predicted octanol–water partition coefficient (Wildman–Crippen LogP) is 2.33. The van der Waals surface area contributed by atoms with Gasteiger partial charge in [-0.1, -0.05) is 0 Å². The van der Waals surface area contributed by atoms with Crippen molar-refractivity contribution >= 4 is 29.0 Å². The fourth-order valence-electron chi connectivity index (χ4n) is 2.27. The number of carbonyl (C=O) groups excluding carboxylic acids is 1. The maximum Gasteiger partial charge on any atom is 0.251 e. The number of thioether (sulfide) groups is 1. The van der Waals surface area contributed by atoms with Crippen LogP contribution in [0.15, 0.2) is 18.2 Å². The van der Waals surface area contributed by atoms with Gasteiger partial charge < -0.3 is 16.4 Å². The van der Waals surface area contributed by atoms with Gasteiger partial charge in [-0.05, 0) is 43.7 Å². The van der Waals surface area contributed by atoms with Crippen LogP contribution < -0.4 is 16.4 Å². The fraction of sp³-hybridized carbons (Fsp3) is 0.500. The van der Waals surface area contributed by atoms with Gasteiger partial charge in [0.1, 0.15) is 0 Å². The zero-order valence-corrected chi connectivity index (χ0v) is 12.3. The molecule has 1 aromatic carbocycles. The van der Waals surface area contributed by atoms with Crippen LogP contribution in [-0.4, -0.2) is 30.0 Å². The molecule has 1 saturated heterocycles. The van der Waals surface area contributed by atoms with Crippen LogP contribution in [0.5, 0.6) is 0 Å². The van der Waals surface area contributed by atoms with Crippen molar-refractivity contribution in [2.75, 3.05) is 30.4 Å². The molecule has 1 aliphatic rings. The molecule has 104 valence electrons. The van der Waals surface area contributed by atoms with Crippen LogP contribution in [-0.2, 0) is 0 Å². The molecule has 0 aliphatic carbocycles. The van der Waals surface area contributed by atoms with E-state index >= 15 is 0 Å². The summed E-state index contributed by atoms with van der Waals surface area (Å²) in [5.74, 6) is 1.13. The van der Waals surface area contributed by atoms with E-state index < -0.39 is 0 Å². The van der Waals surface area contributed by atoms with Gasteiger partial charge in [-0.2, -0.15) is 11.8 Å². The quantitative estimate of drug-likeness (QED) is 0.740. The first kappa shape index (κ1) is 14.1. The summed E-state index contributed by atoms with van der Waals surface area (Å²) in [7, 11) is 1.61. The van der Waals surface area contributed by atoms with Gasteiger partial charge in [0.15, 0.2) is 0 Å². The summed E-state index contributed by atoms with van der Waals surface area (Å²) in [6, 6.07) is 5.38. The van der Waals surface area contributed by atoms with Crippen molar-refractivity contribution in [2.24, 2.45) is 0 Å². The van der Waals surface area contributed by atoms with Crippen molar-refractivity contribution in [3.05, 3.63) is 23.8 Å². The molecule has 0 saturated carbocycles. The highest BCUT2D eigenvalue weighted by atomic mass is 32.2. The van der Waals surface area contributed by atoms with Crippen molar-refractivity contribution in [2.45, 2.75) is 24.5 Å². The minimum Gasteiger partial charge on any atom is -0.397 e. The molecule has 1 aliphatic heterocycles. The third kappa shape index (κ3) is 3.35. The molecule has 4 N–H and O–H groups in total. The lowest BCUT2D eigenvalue weighted by molar-refractivity contribution is 0.0963. The summed E-state index contributed by atoms with van der Waals surface area (Å²) >= 11 is 2.01. The number of benzene rings is 1. The van der Waals surface area contributed by atoms with Crippen molar-refractivity contribution in [3.63, 3.8) is 0 Å². The van der Waals surface area contributed by atoms with E-state index in [9.17, 15) is 4.79 Å². The molecular weight excluding hydrogens is 258 g/mol. The largest absolute Gasteiger partial charge is 0.397 e. The van der Waals surface area contributed by atoms with Crippen LogP contribution in [0.3, 0.4) is 0 Å². The molecule has 5 heteroatoms. The van der Waals surface area contributed by atoms with Gasteiger partial charge in [0, 0.05) is 23.9 Å². The Hall–Kier alpha value is -1.36. The first-order valence-corrected chi connectivity index (χ1v) is 7.52. The third-order valence-electron chi connectivity index (χ3n) is 3.49. The average molecular weight is 279 g/mol. The topological polar surface area (TPSA) is 67.2 Å². The fourth-order valence-corrected chi connectivity index (χ4v) is 3.51. The SMILES string of the molecule is CNC(=O)c1ccc(NCC2(C)CCCS2)c(N)c1. The molecule has 0 radical (unpaired) electrons. The van der Waals surface area contributed by atoms with E-state index in [1.54, 1.807) is 19.2 Å². The van der Waals surface area contributed by atoms with Crippen LogP contribution in [0.1, 0.15) is 30.1 Å².